The van der Waals surface area contributed by atoms with E-state index >= 15 is 0 Å². The van der Waals surface area contributed by atoms with Crippen LogP contribution in [0.4, 0.5) is 11.5 Å². The first-order valence-electron chi connectivity index (χ1n) is 31.1. The maximum absolute atomic E-state index is 12.5. The normalized spacial score (nSPS) is 19.9. The van der Waals surface area contributed by atoms with Crippen molar-refractivity contribution in [2.75, 3.05) is 95.9 Å². The van der Waals surface area contributed by atoms with Gasteiger partial charge >= 0.3 is 5.97 Å². The van der Waals surface area contributed by atoms with Crippen LogP contribution in [0.1, 0.15) is 103 Å². The quantitative estimate of drug-likeness (QED) is 0.0228. The average molecular weight is 1280 g/mol. The fourth-order valence-electron chi connectivity index (χ4n) is 13.3. The molecular weight excluding hydrogens is 1200 g/mol. The summed E-state index contributed by atoms with van der Waals surface area (Å²) in [5.74, 6) is 0.827. The Balaban J connectivity index is 0.000000193. The molecule has 9 heterocycles. The van der Waals surface area contributed by atoms with Crippen molar-refractivity contribution in [1.82, 2.24) is 43.8 Å². The summed E-state index contributed by atoms with van der Waals surface area (Å²) in [6.45, 7) is 7.54. The number of carboxylic acid groups (broad SMARTS) is 1. The number of carboxylic acids is 1. The lowest BCUT2D eigenvalue weighted by Gasteiger charge is -2.39. The smallest absolute Gasteiger partial charge is 0.320 e. The number of nitrogens with two attached hydrogens (primary N) is 3. The van der Waals surface area contributed by atoms with Gasteiger partial charge in [0.2, 0.25) is 15.4 Å². The number of aliphatic hydroxyl groups excluding tert-OH is 1. The van der Waals surface area contributed by atoms with Gasteiger partial charge in [0.15, 0.2) is 17.7 Å². The highest BCUT2D eigenvalue weighted by molar-refractivity contribution is 7.88. The third-order valence-corrected chi connectivity index (χ3v) is 19.0. The van der Waals surface area contributed by atoms with Crippen molar-refractivity contribution < 1.29 is 64.8 Å². The van der Waals surface area contributed by atoms with Crippen LogP contribution < -0.4 is 46.7 Å². The highest BCUT2D eigenvalue weighted by Gasteiger charge is 2.47. The SMILES string of the molecule is CS(=O)(=O)NCCOCCOCCOCCn1nncc1CCCCO[C@H]1[C@@H](O)[C@H](n2cnc3c(N)ncnc32)O[C@@H]1C[C@@H](N)CC[C@H](N)C(=O)O.O=S(=O)([O-])c1ccccc1C1=c2cc3c4c(c2Oc2c1cc1c5c2CCCN5CCC1)CCC[N+]=4CCC3. The number of nitrogens with one attached hydrogen (secondary N) is 1. The van der Waals surface area contributed by atoms with Gasteiger partial charge in [-0.25, -0.2) is 45.8 Å². The Morgan fingerprint density at radius 3 is 2.38 bits per heavy atom. The molecule has 0 aliphatic carbocycles. The van der Waals surface area contributed by atoms with Gasteiger partial charge in [-0.15, -0.1) is 5.10 Å². The zero-order valence-corrected chi connectivity index (χ0v) is 52.3. The number of fused-ring (bicyclic) bond motifs is 5. The maximum Gasteiger partial charge on any atom is 0.320 e. The van der Waals surface area contributed by atoms with E-state index in [0.29, 0.717) is 88.6 Å². The first-order valence-corrected chi connectivity index (χ1v) is 34.4. The number of nitrogens with zero attached hydrogens (tertiary/aromatic N) is 9. The summed E-state index contributed by atoms with van der Waals surface area (Å²) in [5.41, 5.74) is 28.4. The fourth-order valence-corrected chi connectivity index (χ4v) is 14.4. The van der Waals surface area contributed by atoms with Gasteiger partial charge < -0.3 is 65.3 Å². The molecule has 1 fully saturated rings. The summed E-state index contributed by atoms with van der Waals surface area (Å²) < 4.78 is 104. The van der Waals surface area contributed by atoms with Gasteiger partial charge in [-0.05, 0) is 101 Å². The van der Waals surface area contributed by atoms with E-state index in [9.17, 15) is 31.3 Å². The van der Waals surface area contributed by atoms with Gasteiger partial charge in [-0.1, -0.05) is 23.4 Å². The summed E-state index contributed by atoms with van der Waals surface area (Å²) in [6.07, 6.45) is 13.5. The highest BCUT2D eigenvalue weighted by atomic mass is 32.2. The molecule has 6 aliphatic heterocycles. The lowest BCUT2D eigenvalue weighted by atomic mass is 9.82. The molecule has 0 spiro atoms. The van der Waals surface area contributed by atoms with Crippen molar-refractivity contribution in [2.45, 2.75) is 138 Å². The Hall–Kier alpha value is -6.61. The van der Waals surface area contributed by atoms with E-state index < -0.39 is 62.7 Å². The van der Waals surface area contributed by atoms with Gasteiger partial charge in [-0.2, -0.15) is 0 Å². The molecule has 486 valence electrons. The van der Waals surface area contributed by atoms with Crippen LogP contribution in [0.5, 0.6) is 11.5 Å². The molecule has 0 radical (unpaired) electrons. The second-order valence-corrected chi connectivity index (χ2v) is 26.9. The number of ether oxygens (including phenoxy) is 6. The molecule has 0 saturated carbocycles. The molecule has 27 nitrogen and oxygen atoms in total. The van der Waals surface area contributed by atoms with Gasteiger partial charge in [0.1, 0.15) is 64.8 Å². The standard InChI is InChI=1S/C31H30N2O4S.C30H51N11O10S/c34-38(35,36)26-12-2-1-9-21(26)27-24-17-19-7-3-13-32-15-5-10-22(28(19)32)30(24)37-31-23-11-6-16-33-14-4-8-20(29(23)33)18-25(27)31;1-52(45,46)38-7-10-47-12-14-49-15-13-48-11-8-41-21(17-37-39-41)4-2-3-9-50-26-23(16-20(31)5-6-22(32)30(43)44)51-29(25(26)42)40-19-36-24-27(33)34-18-35-28(24)40/h1-2,9,12,17-18H,3-8,10-11,13-16H2;17-20,22-23,25-26,29,38,42H,2-16,31-32H2,1H3,(H,43,44)(H2,33,34,35)/t;20-,22-,23+,25+,26+,29+/m.0/s1. The molecule has 1 saturated heterocycles. The van der Waals surface area contributed by atoms with E-state index in [1.165, 1.54) is 52.0 Å². The minimum atomic E-state index is -4.68. The first kappa shape index (κ1) is 64.9. The maximum atomic E-state index is 12.5. The molecular formula is C61H81N13O14S2. The average Bonchev–Trinajstić information content (AvgIpc) is 0.937. The number of aliphatic hydroxyl groups is 1. The number of nitrogen functional groups attached to an aromatic ring is 1. The van der Waals surface area contributed by atoms with Crippen molar-refractivity contribution >= 4 is 54.4 Å². The molecule has 90 heavy (non-hydrogen) atoms. The second kappa shape index (κ2) is 28.9. The topological polar surface area (TPSA) is 375 Å². The van der Waals surface area contributed by atoms with Gasteiger partial charge in [0.25, 0.3) is 0 Å². The number of unbranched alkanes of at least 4 members (excludes halogenated alkanes) is 1. The van der Waals surface area contributed by atoms with Crippen molar-refractivity contribution in [3.05, 3.63) is 105 Å². The van der Waals surface area contributed by atoms with E-state index in [2.05, 4.69) is 51.6 Å². The Kier molecular flexibility index (Phi) is 20.9. The molecule has 0 amide bonds. The number of carbonyl (C=O) groups is 1. The van der Waals surface area contributed by atoms with Crippen LogP contribution in [0, 0.1) is 0 Å². The Morgan fingerprint density at radius 2 is 1.60 bits per heavy atom. The third kappa shape index (κ3) is 14.8. The molecule has 0 unspecified atom stereocenters. The largest absolute Gasteiger partial charge is 0.744 e. The van der Waals surface area contributed by atoms with Crippen LogP contribution in [0.15, 0.2) is 60.1 Å². The fraction of sp³-hybridized carbons (Fsp3) is 0.557. The van der Waals surface area contributed by atoms with Gasteiger partial charge in [0.05, 0.1) is 87.2 Å². The molecule has 6 aromatic rings. The van der Waals surface area contributed by atoms with Crippen molar-refractivity contribution in [1.29, 1.82) is 0 Å². The summed E-state index contributed by atoms with van der Waals surface area (Å²) in [6, 6.07) is 9.72. The Morgan fingerprint density at radius 1 is 0.867 bits per heavy atom. The van der Waals surface area contributed by atoms with E-state index in [1.807, 2.05) is 6.07 Å². The predicted octanol–water partition coefficient (Wildman–Crippen LogP) is 1.20. The third-order valence-electron chi connectivity index (χ3n) is 17.4. The number of sulfonamides is 1. The van der Waals surface area contributed by atoms with E-state index in [-0.39, 0.29) is 30.3 Å². The lowest BCUT2D eigenvalue weighted by molar-refractivity contribution is -0.138. The van der Waals surface area contributed by atoms with Gasteiger partial charge in [0, 0.05) is 83.9 Å². The molecule has 9 N–H and O–H groups in total. The van der Waals surface area contributed by atoms with Crippen molar-refractivity contribution in [3.8, 4) is 11.5 Å². The minimum Gasteiger partial charge on any atom is -0.744 e. The molecule has 12 rings (SSSR count). The van der Waals surface area contributed by atoms with E-state index in [4.69, 9.17) is 50.7 Å². The highest BCUT2D eigenvalue weighted by Crippen LogP contribution is 2.49. The molecule has 6 atom stereocenters. The summed E-state index contributed by atoms with van der Waals surface area (Å²) in [5, 5.41) is 31.0. The molecule has 0 bridgehead atoms. The zero-order valence-electron chi connectivity index (χ0n) is 50.6. The number of benzene rings is 3. The van der Waals surface area contributed by atoms with Crippen molar-refractivity contribution in [2.24, 2.45) is 11.5 Å². The van der Waals surface area contributed by atoms with Crippen LogP contribution in [0.3, 0.4) is 0 Å². The number of anilines is 2. The van der Waals surface area contributed by atoms with Crippen LogP contribution >= 0.6 is 0 Å². The van der Waals surface area contributed by atoms with E-state index in [0.717, 1.165) is 124 Å². The van der Waals surface area contributed by atoms with Gasteiger partial charge in [-0.3, -0.25) is 9.36 Å². The van der Waals surface area contributed by atoms with E-state index in [1.54, 1.807) is 27.6 Å². The summed E-state index contributed by atoms with van der Waals surface area (Å²) in [7, 11) is -7.89. The number of hydrogen-bond donors (Lipinski definition) is 6. The Bertz CT molecular complexity index is 3920. The second-order valence-electron chi connectivity index (χ2n) is 23.7. The molecule has 6 aliphatic rings. The number of aromatic nitrogens is 7. The number of rotatable bonds is 28. The molecule has 3 aromatic carbocycles. The lowest BCUT2D eigenvalue weighted by Crippen LogP contribution is -2.45. The van der Waals surface area contributed by atoms with Crippen LogP contribution in [0.25, 0.3) is 16.7 Å². The predicted molar refractivity (Wildman–Crippen MR) is 330 cm³/mol. The number of aryl methyl sites for hydroxylation is 3. The van der Waals surface area contributed by atoms with Crippen LogP contribution in [0.2, 0.25) is 0 Å². The molecule has 29 heteroatoms. The first-order chi connectivity index (χ1) is 43.4. The zero-order chi connectivity index (χ0) is 63.1. The van der Waals surface area contributed by atoms with Crippen molar-refractivity contribution in [3.63, 3.8) is 0 Å². The number of aliphatic carboxylic acids is 1. The molecule has 3 aromatic heterocycles. The monoisotopic (exact) mass is 1280 g/mol. The number of hydrogen-bond acceptors (Lipinski definition) is 22. The van der Waals surface area contributed by atoms with Crippen LogP contribution in [-0.2, 0) is 87.3 Å². The minimum absolute atomic E-state index is 0.158. The van der Waals surface area contributed by atoms with Crippen LogP contribution in [-0.4, -0.2) is 188 Å². The Labute approximate surface area is 522 Å². The summed E-state index contributed by atoms with van der Waals surface area (Å²) >= 11 is 0. The summed E-state index contributed by atoms with van der Waals surface area (Å²) in [4.78, 5) is 26.0. The number of imidazole rings is 1.